The first-order chi connectivity index (χ1) is 8.29. The van der Waals surface area contributed by atoms with Crippen molar-refractivity contribution in [2.24, 2.45) is 0 Å². The Hall–Kier alpha value is -1.82. The molecule has 0 saturated carbocycles. The topological polar surface area (TPSA) is 59.4 Å². The highest BCUT2D eigenvalue weighted by atomic mass is 32.1. The van der Waals surface area contributed by atoms with Crippen LogP contribution < -0.4 is 10.4 Å². The lowest BCUT2D eigenvalue weighted by molar-refractivity contribution is 0.318. The van der Waals surface area contributed by atoms with Crippen LogP contribution in [-0.2, 0) is 0 Å². The molecule has 0 unspecified atom stereocenters. The van der Waals surface area contributed by atoms with Crippen LogP contribution in [0.1, 0.15) is 13.3 Å². The molecule has 1 N–H and O–H groups in total. The van der Waals surface area contributed by atoms with Gasteiger partial charge in [0.25, 0.3) is 0 Å². The summed E-state index contributed by atoms with van der Waals surface area (Å²) in [7, 11) is 0. The van der Waals surface area contributed by atoms with Gasteiger partial charge in [-0.25, -0.2) is 14.3 Å². The zero-order valence-corrected chi connectivity index (χ0v) is 10.1. The van der Waals surface area contributed by atoms with E-state index in [9.17, 15) is 4.79 Å². The van der Waals surface area contributed by atoms with Crippen LogP contribution in [0.25, 0.3) is 15.2 Å². The molecule has 0 aliphatic rings. The number of aromatic nitrogens is 3. The maximum atomic E-state index is 11.5. The molecule has 0 fully saturated rings. The molecule has 0 atom stereocenters. The smallest absolute Gasteiger partial charge is 0.348 e. The second-order valence-electron chi connectivity index (χ2n) is 3.73. The van der Waals surface area contributed by atoms with Crippen molar-refractivity contribution in [3.8, 4) is 5.75 Å². The van der Waals surface area contributed by atoms with Crippen LogP contribution in [0.5, 0.6) is 5.75 Å². The fourth-order valence-corrected chi connectivity index (χ4v) is 2.73. The molecule has 0 spiro atoms. The fraction of sp³-hybridized carbons (Fsp3) is 0.273. The molecule has 0 aliphatic carbocycles. The summed E-state index contributed by atoms with van der Waals surface area (Å²) >= 11 is 1.47. The number of hydrogen-bond donors (Lipinski definition) is 1. The van der Waals surface area contributed by atoms with Crippen LogP contribution in [0.15, 0.2) is 23.0 Å². The fourth-order valence-electron chi connectivity index (χ4n) is 1.73. The van der Waals surface area contributed by atoms with Gasteiger partial charge in [0.15, 0.2) is 0 Å². The maximum absolute atomic E-state index is 11.5. The third kappa shape index (κ3) is 1.61. The molecular formula is C11H11N3O2S. The highest BCUT2D eigenvalue weighted by Gasteiger charge is 2.09. The molecule has 0 bridgehead atoms. The molecular weight excluding hydrogens is 238 g/mol. The summed E-state index contributed by atoms with van der Waals surface area (Å²) in [4.78, 5) is 12.2. The van der Waals surface area contributed by atoms with E-state index in [0.717, 1.165) is 22.4 Å². The summed E-state index contributed by atoms with van der Waals surface area (Å²) in [6, 6.07) is 5.72. The number of hydrogen-bond acceptors (Lipinski definition) is 4. The maximum Gasteiger partial charge on any atom is 0.348 e. The number of nitrogens with zero attached hydrogens (tertiary/aromatic N) is 2. The number of H-pyrrole nitrogens is 1. The van der Waals surface area contributed by atoms with E-state index in [-0.39, 0.29) is 5.69 Å². The van der Waals surface area contributed by atoms with Gasteiger partial charge in [0, 0.05) is 0 Å². The Kier molecular flexibility index (Phi) is 2.36. The summed E-state index contributed by atoms with van der Waals surface area (Å²) in [5, 5.41) is 6.38. The Morgan fingerprint density at radius 1 is 1.53 bits per heavy atom. The van der Waals surface area contributed by atoms with Crippen LogP contribution >= 0.6 is 11.3 Å². The monoisotopic (exact) mass is 249 g/mol. The van der Waals surface area contributed by atoms with Crippen molar-refractivity contribution < 1.29 is 4.74 Å². The van der Waals surface area contributed by atoms with E-state index in [4.69, 9.17) is 4.74 Å². The lowest BCUT2D eigenvalue weighted by Crippen LogP contribution is -2.07. The summed E-state index contributed by atoms with van der Waals surface area (Å²) in [6.07, 6.45) is 0.978. The van der Waals surface area contributed by atoms with Crippen LogP contribution in [-0.4, -0.2) is 21.2 Å². The Labute approximate surface area is 101 Å². The van der Waals surface area contributed by atoms with Crippen LogP contribution in [0.2, 0.25) is 0 Å². The first-order valence-corrected chi connectivity index (χ1v) is 6.23. The molecule has 1 aromatic carbocycles. The number of ether oxygens (including phenoxy) is 1. The Bertz CT molecular complexity index is 725. The van der Waals surface area contributed by atoms with Gasteiger partial charge in [-0.3, -0.25) is 0 Å². The van der Waals surface area contributed by atoms with Gasteiger partial charge in [0.2, 0.25) is 4.96 Å². The van der Waals surface area contributed by atoms with Crippen molar-refractivity contribution in [1.82, 2.24) is 14.6 Å². The molecule has 2 heterocycles. The average Bonchev–Trinajstić information content (AvgIpc) is 2.86. The van der Waals surface area contributed by atoms with Crippen molar-refractivity contribution in [3.05, 3.63) is 28.7 Å². The third-order valence-electron chi connectivity index (χ3n) is 2.49. The molecule has 88 valence electrons. The van der Waals surface area contributed by atoms with E-state index in [1.807, 2.05) is 18.2 Å². The minimum atomic E-state index is -0.200. The number of benzene rings is 1. The van der Waals surface area contributed by atoms with E-state index in [2.05, 4.69) is 17.1 Å². The number of nitrogens with one attached hydrogen (secondary N) is 1. The predicted octanol–water partition coefficient (Wildman–Crippen LogP) is 2.03. The van der Waals surface area contributed by atoms with Crippen LogP contribution in [0, 0.1) is 0 Å². The van der Waals surface area contributed by atoms with E-state index >= 15 is 0 Å². The van der Waals surface area contributed by atoms with Crippen LogP contribution in [0.4, 0.5) is 0 Å². The zero-order chi connectivity index (χ0) is 11.8. The van der Waals surface area contributed by atoms with Gasteiger partial charge in [-0.05, 0) is 24.6 Å². The first kappa shape index (κ1) is 10.3. The summed E-state index contributed by atoms with van der Waals surface area (Å²) in [5.41, 5.74) is 0.668. The highest BCUT2D eigenvalue weighted by molar-refractivity contribution is 7.23. The van der Waals surface area contributed by atoms with Gasteiger partial charge in [-0.2, -0.15) is 0 Å². The van der Waals surface area contributed by atoms with Gasteiger partial charge < -0.3 is 4.74 Å². The first-order valence-electron chi connectivity index (χ1n) is 5.42. The van der Waals surface area contributed by atoms with E-state index in [1.54, 1.807) is 4.40 Å². The zero-order valence-electron chi connectivity index (χ0n) is 9.27. The number of aromatic amines is 1. The van der Waals surface area contributed by atoms with Crippen molar-refractivity contribution in [2.75, 3.05) is 6.61 Å². The van der Waals surface area contributed by atoms with E-state index < -0.39 is 0 Å². The van der Waals surface area contributed by atoms with Gasteiger partial charge in [-0.1, -0.05) is 18.3 Å². The van der Waals surface area contributed by atoms with Gasteiger partial charge >= 0.3 is 5.69 Å². The quantitative estimate of drug-likeness (QED) is 0.772. The Morgan fingerprint density at radius 3 is 3.24 bits per heavy atom. The second-order valence-corrected chi connectivity index (χ2v) is 4.74. The Balaban J connectivity index is 2.17. The second kappa shape index (κ2) is 3.89. The van der Waals surface area contributed by atoms with E-state index in [1.165, 1.54) is 11.3 Å². The number of rotatable bonds is 3. The summed E-state index contributed by atoms with van der Waals surface area (Å²) < 4.78 is 8.14. The standard InChI is InChI=1S/C11H11N3O2S/c1-2-5-16-7-3-4-8-9(6-7)17-11-13-12-10(15)14(8)11/h3-4,6H,2,5H2,1H3,(H,12,15). The largest absolute Gasteiger partial charge is 0.494 e. The highest BCUT2D eigenvalue weighted by Crippen LogP contribution is 2.27. The molecule has 0 amide bonds. The van der Waals surface area contributed by atoms with Crippen LogP contribution in [0.3, 0.4) is 0 Å². The molecule has 5 nitrogen and oxygen atoms in total. The lowest BCUT2D eigenvalue weighted by Gasteiger charge is -2.03. The minimum absolute atomic E-state index is 0.200. The SMILES string of the molecule is CCCOc1ccc2c(c1)sc1n[nH]c(=O)n12. The Morgan fingerprint density at radius 2 is 2.41 bits per heavy atom. The van der Waals surface area contributed by atoms with Gasteiger partial charge in [0.1, 0.15) is 5.75 Å². The molecule has 6 heteroatoms. The summed E-state index contributed by atoms with van der Waals surface area (Å²) in [6.45, 7) is 2.77. The normalized spacial score (nSPS) is 11.4. The third-order valence-corrected chi connectivity index (χ3v) is 3.49. The predicted molar refractivity (Wildman–Crippen MR) is 67.0 cm³/mol. The molecule has 3 aromatic rings. The van der Waals surface area contributed by atoms with Gasteiger partial charge in [-0.15, -0.1) is 5.10 Å². The number of thiazole rings is 1. The lowest BCUT2D eigenvalue weighted by atomic mass is 10.3. The van der Waals surface area contributed by atoms with Gasteiger partial charge in [0.05, 0.1) is 16.8 Å². The van der Waals surface area contributed by atoms with Crippen molar-refractivity contribution >= 4 is 26.5 Å². The summed E-state index contributed by atoms with van der Waals surface area (Å²) in [5.74, 6) is 0.834. The molecule has 0 radical (unpaired) electrons. The number of fused-ring (bicyclic) bond motifs is 3. The minimum Gasteiger partial charge on any atom is -0.494 e. The molecule has 2 aromatic heterocycles. The van der Waals surface area contributed by atoms with Crippen molar-refractivity contribution in [2.45, 2.75) is 13.3 Å². The molecule has 0 aliphatic heterocycles. The molecule has 0 saturated heterocycles. The molecule has 3 rings (SSSR count). The van der Waals surface area contributed by atoms with E-state index in [0.29, 0.717) is 11.6 Å². The average molecular weight is 249 g/mol. The molecule has 17 heavy (non-hydrogen) atoms. The van der Waals surface area contributed by atoms with Crippen molar-refractivity contribution in [1.29, 1.82) is 0 Å². The van der Waals surface area contributed by atoms with Crippen molar-refractivity contribution in [3.63, 3.8) is 0 Å².